The van der Waals surface area contributed by atoms with Gasteiger partial charge in [0.25, 0.3) is 0 Å². The summed E-state index contributed by atoms with van der Waals surface area (Å²) in [4.78, 5) is 14.9. The number of halogens is 1. The summed E-state index contributed by atoms with van der Waals surface area (Å²) in [6.07, 6.45) is 4.98. The predicted octanol–water partition coefficient (Wildman–Crippen LogP) is 3.65. The second-order valence-electron chi connectivity index (χ2n) is 5.79. The summed E-state index contributed by atoms with van der Waals surface area (Å²) in [7, 11) is 1.91. The molecule has 3 heterocycles. The molecule has 3 rings (SSSR count). The summed E-state index contributed by atoms with van der Waals surface area (Å²) in [5, 5.41) is 9.13. The lowest BCUT2D eigenvalue weighted by Gasteiger charge is -2.18. The zero-order valence-corrected chi connectivity index (χ0v) is 15.3. The van der Waals surface area contributed by atoms with Crippen LogP contribution in [0.4, 0.5) is 11.5 Å². The lowest BCUT2D eigenvalue weighted by Crippen LogP contribution is -2.19. The van der Waals surface area contributed by atoms with Crippen LogP contribution in [0.15, 0.2) is 48.9 Å². The molecular weight excluding hydrogens is 348 g/mol. The van der Waals surface area contributed by atoms with Gasteiger partial charge in [0, 0.05) is 37.1 Å². The van der Waals surface area contributed by atoms with Gasteiger partial charge in [-0.25, -0.2) is 4.98 Å². The van der Waals surface area contributed by atoms with Crippen molar-refractivity contribution in [2.45, 2.75) is 6.92 Å². The van der Waals surface area contributed by atoms with Gasteiger partial charge in [0.15, 0.2) is 0 Å². The molecule has 0 spiro atoms. The molecule has 0 radical (unpaired) electrons. The van der Waals surface area contributed by atoms with Crippen LogP contribution in [-0.2, 0) is 0 Å². The lowest BCUT2D eigenvalue weighted by molar-refractivity contribution is 0.936. The van der Waals surface area contributed by atoms with Crippen LogP contribution in [0.2, 0.25) is 5.02 Å². The van der Waals surface area contributed by atoms with E-state index in [0.29, 0.717) is 33.5 Å². The number of hydrogen-bond donors (Lipinski definition) is 2. The Morgan fingerprint density at radius 3 is 2.77 bits per heavy atom. The van der Waals surface area contributed by atoms with E-state index in [4.69, 9.17) is 22.7 Å². The van der Waals surface area contributed by atoms with Crippen molar-refractivity contribution >= 4 is 28.8 Å². The molecule has 0 atom stereocenters. The maximum absolute atomic E-state index is 8.59. The third-order valence-corrected chi connectivity index (χ3v) is 4.38. The smallest absolute Gasteiger partial charge is 0.147 e. The van der Waals surface area contributed by atoms with Crippen LogP contribution < -0.4 is 10.6 Å². The Hall–Kier alpha value is -2.99. The van der Waals surface area contributed by atoms with Crippen LogP contribution in [0, 0.1) is 5.41 Å². The number of anilines is 2. The van der Waals surface area contributed by atoms with Crippen molar-refractivity contribution in [3.05, 3.63) is 65.2 Å². The van der Waals surface area contributed by atoms with E-state index in [0.717, 1.165) is 12.1 Å². The highest BCUT2D eigenvalue weighted by molar-refractivity contribution is 6.33. The van der Waals surface area contributed by atoms with Gasteiger partial charge in [0.05, 0.1) is 34.0 Å². The van der Waals surface area contributed by atoms with Crippen LogP contribution in [0.25, 0.3) is 11.3 Å². The van der Waals surface area contributed by atoms with Crippen molar-refractivity contribution in [2.24, 2.45) is 0 Å². The van der Waals surface area contributed by atoms with E-state index in [9.17, 15) is 0 Å². The fourth-order valence-electron chi connectivity index (χ4n) is 2.48. The molecule has 7 heteroatoms. The molecule has 3 aromatic heterocycles. The number of pyridine rings is 3. The first kappa shape index (κ1) is 17.8. The van der Waals surface area contributed by atoms with Gasteiger partial charge in [-0.1, -0.05) is 11.6 Å². The summed E-state index contributed by atoms with van der Waals surface area (Å²) in [6, 6.07) is 9.01. The zero-order chi connectivity index (χ0) is 18.7. The molecule has 26 heavy (non-hydrogen) atoms. The van der Waals surface area contributed by atoms with Crippen molar-refractivity contribution in [1.29, 1.82) is 5.41 Å². The number of nitrogens with zero attached hydrogens (tertiary/aromatic N) is 4. The molecule has 0 saturated heterocycles. The number of nitrogens with two attached hydrogens (primary N) is 1. The third-order valence-electron chi connectivity index (χ3n) is 4.08. The maximum atomic E-state index is 8.59. The van der Waals surface area contributed by atoms with Gasteiger partial charge in [-0.3, -0.25) is 15.4 Å². The molecule has 0 aliphatic carbocycles. The second-order valence-corrected chi connectivity index (χ2v) is 6.20. The average Bonchev–Trinajstić information content (AvgIpc) is 2.68. The molecule has 0 aromatic carbocycles. The Kier molecular flexibility index (Phi) is 5.14. The molecule has 6 nitrogen and oxygen atoms in total. The minimum Gasteiger partial charge on any atom is -0.397 e. The summed E-state index contributed by atoms with van der Waals surface area (Å²) in [5.41, 5.74) is 9.34. The second kappa shape index (κ2) is 7.49. The Bertz CT molecular complexity index is 942. The van der Waals surface area contributed by atoms with Crippen molar-refractivity contribution in [3.8, 4) is 11.3 Å². The fourth-order valence-corrected chi connectivity index (χ4v) is 2.73. The van der Waals surface area contributed by atoms with Crippen molar-refractivity contribution < 1.29 is 0 Å². The number of aromatic nitrogens is 3. The molecule has 0 amide bonds. The highest BCUT2D eigenvalue weighted by Crippen LogP contribution is 2.26. The lowest BCUT2D eigenvalue weighted by atomic mass is 10.0. The van der Waals surface area contributed by atoms with E-state index in [1.54, 1.807) is 36.8 Å². The van der Waals surface area contributed by atoms with Gasteiger partial charge in [0.2, 0.25) is 0 Å². The number of hydrogen-bond acceptors (Lipinski definition) is 6. The minimum atomic E-state index is 0.220. The molecule has 0 bridgehead atoms. The molecular formula is C19H19ClN6. The first-order valence-electron chi connectivity index (χ1n) is 8.14. The molecule has 0 aliphatic heterocycles. The zero-order valence-electron chi connectivity index (χ0n) is 14.6. The van der Waals surface area contributed by atoms with E-state index < -0.39 is 0 Å². The molecule has 0 saturated carbocycles. The van der Waals surface area contributed by atoms with Gasteiger partial charge in [-0.05, 0) is 37.3 Å². The first-order chi connectivity index (χ1) is 12.5. The number of rotatable bonds is 5. The Morgan fingerprint density at radius 2 is 2.08 bits per heavy atom. The highest BCUT2D eigenvalue weighted by atomic mass is 35.5. The topological polar surface area (TPSA) is 91.8 Å². The normalized spacial score (nSPS) is 10.6. The maximum Gasteiger partial charge on any atom is 0.147 e. The van der Waals surface area contributed by atoms with Crippen molar-refractivity contribution in [3.63, 3.8) is 0 Å². The number of nitrogen functional groups attached to an aromatic ring is 1. The Balaban J connectivity index is 2.03. The van der Waals surface area contributed by atoms with Crippen LogP contribution in [0.3, 0.4) is 0 Å². The largest absolute Gasteiger partial charge is 0.397 e. The fraction of sp³-hybridized carbons (Fsp3) is 0.158. The Morgan fingerprint density at radius 1 is 1.27 bits per heavy atom. The van der Waals surface area contributed by atoms with Crippen LogP contribution >= 0.6 is 11.6 Å². The molecule has 3 aromatic rings. The summed E-state index contributed by atoms with van der Waals surface area (Å²) in [6.45, 7) is 2.77. The predicted molar refractivity (Wildman–Crippen MR) is 106 cm³/mol. The molecule has 132 valence electrons. The molecule has 0 aliphatic rings. The highest BCUT2D eigenvalue weighted by Gasteiger charge is 2.15. The van der Waals surface area contributed by atoms with E-state index in [1.807, 2.05) is 31.0 Å². The van der Waals surface area contributed by atoms with Crippen LogP contribution in [0.5, 0.6) is 0 Å². The number of nitrogens with one attached hydrogen (secondary N) is 1. The molecule has 0 fully saturated rings. The first-order valence-corrected chi connectivity index (χ1v) is 8.52. The van der Waals surface area contributed by atoms with Gasteiger partial charge in [-0.2, -0.15) is 0 Å². The van der Waals surface area contributed by atoms with Crippen molar-refractivity contribution in [1.82, 2.24) is 15.0 Å². The summed E-state index contributed by atoms with van der Waals surface area (Å²) < 4.78 is 0. The minimum absolute atomic E-state index is 0.220. The van der Waals surface area contributed by atoms with Gasteiger partial charge >= 0.3 is 0 Å². The molecule has 0 unspecified atom stereocenters. The van der Waals surface area contributed by atoms with E-state index in [2.05, 4.69) is 15.0 Å². The summed E-state index contributed by atoms with van der Waals surface area (Å²) >= 11 is 6.24. The monoisotopic (exact) mass is 366 g/mol. The van der Waals surface area contributed by atoms with Crippen LogP contribution in [-0.4, -0.2) is 34.3 Å². The van der Waals surface area contributed by atoms with E-state index in [-0.39, 0.29) is 5.71 Å². The SMILES string of the molecule is CCN(C)c1nc(C(=N)c2cc(-c3cccnc3)ncc2N)ccc1Cl. The summed E-state index contributed by atoms with van der Waals surface area (Å²) in [5.74, 6) is 0.636. The van der Waals surface area contributed by atoms with E-state index >= 15 is 0 Å². The van der Waals surface area contributed by atoms with Gasteiger partial charge < -0.3 is 10.6 Å². The van der Waals surface area contributed by atoms with E-state index in [1.165, 1.54) is 0 Å². The van der Waals surface area contributed by atoms with Gasteiger partial charge in [-0.15, -0.1) is 0 Å². The average molecular weight is 367 g/mol. The standard InChI is InChI=1S/C19H19ClN6/c1-3-26(2)19-14(20)6-7-16(25-19)18(22)13-9-17(24-11-15(13)21)12-5-4-8-23-10-12/h4-11,22H,3,21H2,1-2H3. The van der Waals surface area contributed by atoms with Crippen LogP contribution in [0.1, 0.15) is 18.2 Å². The third kappa shape index (κ3) is 3.50. The van der Waals surface area contributed by atoms with Crippen molar-refractivity contribution in [2.75, 3.05) is 24.2 Å². The Labute approximate surface area is 157 Å². The van der Waals surface area contributed by atoms with Gasteiger partial charge in [0.1, 0.15) is 5.82 Å². The quantitative estimate of drug-likeness (QED) is 0.672. The molecule has 3 N–H and O–H groups in total.